The van der Waals surface area contributed by atoms with E-state index < -0.39 is 0 Å². The van der Waals surface area contributed by atoms with Crippen LogP contribution in [0.4, 0.5) is 0 Å². The summed E-state index contributed by atoms with van der Waals surface area (Å²) in [5.74, 6) is 0.980. The molecule has 0 bridgehead atoms. The molecule has 1 atom stereocenters. The van der Waals surface area contributed by atoms with Crippen molar-refractivity contribution in [2.24, 2.45) is 5.92 Å². The van der Waals surface area contributed by atoms with E-state index in [1.807, 2.05) is 0 Å². The second-order valence-electron chi connectivity index (χ2n) is 5.69. The Kier molecular flexibility index (Phi) is 3.18. The first-order valence-electron chi connectivity index (χ1n) is 6.81. The zero-order valence-electron chi connectivity index (χ0n) is 10.0. The van der Waals surface area contributed by atoms with Crippen molar-refractivity contribution < 1.29 is 9.47 Å². The van der Waals surface area contributed by atoms with Crippen LogP contribution in [0, 0.1) is 5.92 Å². The molecule has 1 unspecified atom stereocenters. The molecule has 2 saturated heterocycles. The van der Waals surface area contributed by atoms with Crippen molar-refractivity contribution in [3.8, 4) is 0 Å². The van der Waals surface area contributed by atoms with E-state index in [0.717, 1.165) is 38.6 Å². The Hall–Kier alpha value is -0.120. The maximum Gasteiger partial charge on any atom is 0.0741 e. The Balaban J connectivity index is 1.51. The second kappa shape index (κ2) is 4.63. The highest BCUT2D eigenvalue weighted by Gasteiger charge is 2.39. The molecule has 3 aliphatic rings. The minimum atomic E-state index is 0.151. The third-order valence-corrected chi connectivity index (χ3v) is 4.29. The van der Waals surface area contributed by atoms with E-state index in [1.165, 1.54) is 32.2 Å². The van der Waals surface area contributed by atoms with Gasteiger partial charge >= 0.3 is 0 Å². The molecule has 0 aromatic carbocycles. The molecule has 3 fully saturated rings. The molecule has 3 rings (SSSR count). The summed E-state index contributed by atoms with van der Waals surface area (Å²) >= 11 is 0. The molecule has 1 N–H and O–H groups in total. The summed E-state index contributed by atoms with van der Waals surface area (Å²) in [4.78, 5) is 0. The number of ether oxygens (including phenoxy) is 2. The molecule has 0 radical (unpaired) electrons. The number of rotatable bonds is 3. The van der Waals surface area contributed by atoms with Crippen LogP contribution in [0.5, 0.6) is 0 Å². The minimum Gasteiger partial charge on any atom is -0.381 e. The van der Waals surface area contributed by atoms with E-state index >= 15 is 0 Å². The van der Waals surface area contributed by atoms with Gasteiger partial charge in [-0.15, -0.1) is 0 Å². The van der Waals surface area contributed by atoms with Crippen LogP contribution in [-0.4, -0.2) is 38.0 Å². The summed E-state index contributed by atoms with van der Waals surface area (Å²) < 4.78 is 11.5. The van der Waals surface area contributed by atoms with Crippen LogP contribution in [0.2, 0.25) is 0 Å². The molecular formula is C13H23NO2. The van der Waals surface area contributed by atoms with Crippen LogP contribution >= 0.6 is 0 Å². The molecule has 1 saturated carbocycles. The zero-order chi connectivity index (χ0) is 10.8. The van der Waals surface area contributed by atoms with Gasteiger partial charge in [0, 0.05) is 25.9 Å². The van der Waals surface area contributed by atoms with E-state index in [4.69, 9.17) is 9.47 Å². The maximum atomic E-state index is 6.04. The quantitative estimate of drug-likeness (QED) is 0.793. The molecule has 3 nitrogen and oxygen atoms in total. The summed E-state index contributed by atoms with van der Waals surface area (Å²) in [6.45, 7) is 3.93. The summed E-state index contributed by atoms with van der Waals surface area (Å²) in [5.41, 5.74) is 0.151. The first-order chi connectivity index (χ1) is 7.86. The Labute approximate surface area is 97.9 Å². The van der Waals surface area contributed by atoms with Gasteiger partial charge < -0.3 is 14.8 Å². The molecule has 3 heteroatoms. The number of nitrogens with one attached hydrogen (secondary N) is 1. The smallest absolute Gasteiger partial charge is 0.0741 e. The van der Waals surface area contributed by atoms with Crippen molar-refractivity contribution >= 4 is 0 Å². The Bertz CT molecular complexity index is 229. The fourth-order valence-corrected chi connectivity index (χ4v) is 2.95. The van der Waals surface area contributed by atoms with E-state index in [-0.39, 0.29) is 5.60 Å². The lowest BCUT2D eigenvalue weighted by atomic mass is 9.84. The Morgan fingerprint density at radius 3 is 2.62 bits per heavy atom. The van der Waals surface area contributed by atoms with Crippen molar-refractivity contribution in [1.29, 1.82) is 0 Å². The molecule has 0 aromatic heterocycles. The van der Waals surface area contributed by atoms with Crippen molar-refractivity contribution in [2.45, 2.75) is 50.2 Å². The summed E-state index contributed by atoms with van der Waals surface area (Å²) in [5, 5.41) is 3.73. The van der Waals surface area contributed by atoms with Gasteiger partial charge in [0.15, 0.2) is 0 Å². The fraction of sp³-hybridized carbons (Fsp3) is 1.00. The van der Waals surface area contributed by atoms with Crippen molar-refractivity contribution in [3.63, 3.8) is 0 Å². The molecule has 16 heavy (non-hydrogen) atoms. The first kappa shape index (κ1) is 11.0. The second-order valence-corrected chi connectivity index (χ2v) is 5.69. The van der Waals surface area contributed by atoms with E-state index in [9.17, 15) is 0 Å². The van der Waals surface area contributed by atoms with Gasteiger partial charge in [0.05, 0.1) is 5.60 Å². The Morgan fingerprint density at radius 1 is 1.06 bits per heavy atom. The lowest BCUT2D eigenvalue weighted by molar-refractivity contribution is -0.140. The predicted molar refractivity (Wildman–Crippen MR) is 62.5 cm³/mol. The highest BCUT2D eigenvalue weighted by Crippen LogP contribution is 2.35. The molecule has 1 spiro atoms. The van der Waals surface area contributed by atoms with Gasteiger partial charge in [0.2, 0.25) is 0 Å². The summed E-state index contributed by atoms with van der Waals surface area (Å²) in [6.07, 6.45) is 7.45. The van der Waals surface area contributed by atoms with Crippen LogP contribution in [0.1, 0.15) is 38.5 Å². The third-order valence-electron chi connectivity index (χ3n) is 4.29. The largest absolute Gasteiger partial charge is 0.381 e. The molecule has 0 aromatic rings. The van der Waals surface area contributed by atoms with Crippen molar-refractivity contribution in [3.05, 3.63) is 0 Å². The number of hydrogen-bond acceptors (Lipinski definition) is 3. The van der Waals surface area contributed by atoms with Gasteiger partial charge in [0.25, 0.3) is 0 Å². The number of hydrogen-bond donors (Lipinski definition) is 1. The summed E-state index contributed by atoms with van der Waals surface area (Å²) in [7, 11) is 0. The summed E-state index contributed by atoms with van der Waals surface area (Å²) in [6, 6.07) is 0.687. The van der Waals surface area contributed by atoms with Gasteiger partial charge in [-0.1, -0.05) is 0 Å². The van der Waals surface area contributed by atoms with Gasteiger partial charge in [-0.25, -0.2) is 0 Å². The monoisotopic (exact) mass is 225 g/mol. The van der Waals surface area contributed by atoms with E-state index in [0.29, 0.717) is 6.04 Å². The fourth-order valence-electron chi connectivity index (χ4n) is 2.95. The van der Waals surface area contributed by atoms with Crippen molar-refractivity contribution in [1.82, 2.24) is 5.32 Å². The molecule has 1 aliphatic carbocycles. The van der Waals surface area contributed by atoms with Gasteiger partial charge in [-0.3, -0.25) is 0 Å². The lowest BCUT2D eigenvalue weighted by Crippen LogP contribution is -2.50. The zero-order valence-corrected chi connectivity index (χ0v) is 10.0. The molecule has 2 aliphatic heterocycles. The van der Waals surface area contributed by atoms with E-state index in [1.54, 1.807) is 0 Å². The topological polar surface area (TPSA) is 30.5 Å². The highest BCUT2D eigenvalue weighted by molar-refractivity contribution is 4.92. The Morgan fingerprint density at radius 2 is 1.88 bits per heavy atom. The average Bonchev–Trinajstić information content (AvgIpc) is 3.11. The predicted octanol–water partition coefficient (Wildman–Crippen LogP) is 1.71. The molecule has 0 amide bonds. The minimum absolute atomic E-state index is 0.151. The highest BCUT2D eigenvalue weighted by atomic mass is 16.5. The van der Waals surface area contributed by atoms with Crippen LogP contribution < -0.4 is 5.32 Å². The average molecular weight is 225 g/mol. The van der Waals surface area contributed by atoms with Crippen molar-refractivity contribution in [2.75, 3.05) is 26.4 Å². The van der Waals surface area contributed by atoms with Gasteiger partial charge in [0.1, 0.15) is 0 Å². The molecular weight excluding hydrogens is 202 g/mol. The normalized spacial score (nSPS) is 34.1. The van der Waals surface area contributed by atoms with Crippen LogP contribution in [0.3, 0.4) is 0 Å². The lowest BCUT2D eigenvalue weighted by Gasteiger charge is -2.43. The standard InChI is InChI=1S/C13H23NO2/c1-2-11(1)10-14-12-3-6-16-13(9-12)4-7-15-8-5-13/h11-12,14H,1-10H2. The first-order valence-corrected chi connectivity index (χ1v) is 6.81. The van der Waals surface area contributed by atoms with Crippen LogP contribution in [0.15, 0.2) is 0 Å². The van der Waals surface area contributed by atoms with Crippen LogP contribution in [-0.2, 0) is 9.47 Å². The van der Waals surface area contributed by atoms with Crippen LogP contribution in [0.25, 0.3) is 0 Å². The van der Waals surface area contributed by atoms with E-state index in [2.05, 4.69) is 5.32 Å². The SMILES string of the molecule is C1CC2(CCO1)CC(NCC1CC1)CCO2. The van der Waals surface area contributed by atoms with Gasteiger partial charge in [-0.2, -0.15) is 0 Å². The maximum absolute atomic E-state index is 6.04. The molecule has 2 heterocycles. The third kappa shape index (κ3) is 2.58. The molecule has 92 valence electrons. The van der Waals surface area contributed by atoms with Gasteiger partial charge in [-0.05, 0) is 51.0 Å².